The predicted octanol–water partition coefficient (Wildman–Crippen LogP) is 1.73. The van der Waals surface area contributed by atoms with E-state index in [0.29, 0.717) is 30.8 Å². The highest BCUT2D eigenvalue weighted by Crippen LogP contribution is 2.15. The molecule has 0 bridgehead atoms. The zero-order valence-corrected chi connectivity index (χ0v) is 14.1. The molecule has 0 aliphatic carbocycles. The van der Waals surface area contributed by atoms with Crippen molar-refractivity contribution >= 4 is 27.5 Å². The van der Waals surface area contributed by atoms with Gasteiger partial charge in [0.15, 0.2) is 0 Å². The molecule has 3 rings (SSSR count). The van der Waals surface area contributed by atoms with E-state index in [1.807, 2.05) is 17.2 Å². The van der Waals surface area contributed by atoms with Gasteiger partial charge in [-0.2, -0.15) is 0 Å². The van der Waals surface area contributed by atoms with Crippen LogP contribution in [0, 0.1) is 5.92 Å². The molecule has 0 saturated carbocycles. The summed E-state index contributed by atoms with van der Waals surface area (Å²) in [5, 5.41) is 2.48. The molecule has 1 aliphatic heterocycles. The molecule has 1 saturated heterocycles. The molecule has 1 amide bonds. The second-order valence-electron chi connectivity index (χ2n) is 5.79. The van der Waals surface area contributed by atoms with Crippen LogP contribution in [0.5, 0.6) is 0 Å². The monoisotopic (exact) mass is 335 g/mol. The minimum absolute atomic E-state index is 0.0729. The Kier molecular flexibility index (Phi) is 5.07. The van der Waals surface area contributed by atoms with Gasteiger partial charge in [-0.3, -0.25) is 14.2 Å². The van der Waals surface area contributed by atoms with Gasteiger partial charge in [0.1, 0.15) is 4.83 Å². The van der Waals surface area contributed by atoms with E-state index in [9.17, 15) is 9.59 Å². The second kappa shape index (κ2) is 7.23. The van der Waals surface area contributed by atoms with Gasteiger partial charge in [0, 0.05) is 38.6 Å². The number of nitrogens with zero attached hydrogens (tertiary/aromatic N) is 3. The summed E-state index contributed by atoms with van der Waals surface area (Å²) < 4.78 is 6.90. The molecule has 6 nitrogen and oxygen atoms in total. The van der Waals surface area contributed by atoms with Gasteiger partial charge < -0.3 is 9.64 Å². The highest BCUT2D eigenvalue weighted by molar-refractivity contribution is 7.16. The van der Waals surface area contributed by atoms with Gasteiger partial charge in [-0.25, -0.2) is 4.98 Å². The van der Waals surface area contributed by atoms with Gasteiger partial charge in [0.2, 0.25) is 5.91 Å². The van der Waals surface area contributed by atoms with Gasteiger partial charge in [-0.1, -0.05) is 0 Å². The van der Waals surface area contributed by atoms with E-state index in [2.05, 4.69) is 4.98 Å². The molecular weight excluding hydrogens is 314 g/mol. The first-order chi connectivity index (χ1) is 11.2. The molecule has 0 aromatic carbocycles. The van der Waals surface area contributed by atoms with Crippen molar-refractivity contribution in [2.24, 2.45) is 5.92 Å². The summed E-state index contributed by atoms with van der Waals surface area (Å²) in [7, 11) is 0. The van der Waals surface area contributed by atoms with Crippen molar-refractivity contribution in [3.8, 4) is 0 Å². The lowest BCUT2D eigenvalue weighted by Crippen LogP contribution is -2.36. The second-order valence-corrected chi connectivity index (χ2v) is 6.69. The first kappa shape index (κ1) is 16.1. The molecular formula is C16H21N3O3S. The fraction of sp³-hybridized carbons (Fsp3) is 0.562. The van der Waals surface area contributed by atoms with Gasteiger partial charge in [0.25, 0.3) is 5.56 Å². The van der Waals surface area contributed by atoms with Crippen molar-refractivity contribution in [3.63, 3.8) is 0 Å². The Labute approximate surface area is 138 Å². The molecule has 1 atom stereocenters. The van der Waals surface area contributed by atoms with E-state index in [0.717, 1.165) is 31.0 Å². The third-order valence-corrected chi connectivity index (χ3v) is 5.07. The van der Waals surface area contributed by atoms with Crippen molar-refractivity contribution in [2.75, 3.05) is 26.3 Å². The van der Waals surface area contributed by atoms with E-state index < -0.39 is 0 Å². The normalized spacial score (nSPS) is 17.7. The third kappa shape index (κ3) is 3.61. The average Bonchev–Trinajstić information content (AvgIpc) is 3.23. The molecule has 0 N–H and O–H groups in total. The van der Waals surface area contributed by atoms with Crippen LogP contribution in [-0.2, 0) is 16.1 Å². The largest absolute Gasteiger partial charge is 0.381 e. The van der Waals surface area contributed by atoms with E-state index in [1.54, 1.807) is 6.07 Å². The summed E-state index contributed by atoms with van der Waals surface area (Å²) >= 11 is 1.45. The number of hydrogen-bond donors (Lipinski definition) is 0. The fourth-order valence-corrected chi connectivity index (χ4v) is 3.60. The van der Waals surface area contributed by atoms with Crippen LogP contribution in [0.2, 0.25) is 0 Å². The number of ether oxygens (including phenoxy) is 1. The number of carbonyl (C=O) groups excluding carboxylic acids is 1. The highest BCUT2D eigenvalue weighted by atomic mass is 32.1. The van der Waals surface area contributed by atoms with Crippen LogP contribution in [0.3, 0.4) is 0 Å². The van der Waals surface area contributed by atoms with Crippen LogP contribution in [-0.4, -0.2) is 46.7 Å². The number of rotatable bonds is 6. The summed E-state index contributed by atoms with van der Waals surface area (Å²) in [5.41, 5.74) is -0.0729. The van der Waals surface area contributed by atoms with E-state index in [-0.39, 0.29) is 11.5 Å². The molecule has 0 spiro atoms. The summed E-state index contributed by atoms with van der Waals surface area (Å²) in [6, 6.07) is 1.78. The van der Waals surface area contributed by atoms with Crippen molar-refractivity contribution in [3.05, 3.63) is 28.1 Å². The van der Waals surface area contributed by atoms with Gasteiger partial charge >= 0.3 is 0 Å². The number of hydrogen-bond acceptors (Lipinski definition) is 5. The first-order valence-corrected chi connectivity index (χ1v) is 8.85. The van der Waals surface area contributed by atoms with Crippen LogP contribution < -0.4 is 5.56 Å². The first-order valence-electron chi connectivity index (χ1n) is 7.97. The molecule has 2 aromatic rings. The SMILES string of the molecule is CCN(C[C@@H]1CCOC1)C(=O)CCn1cnc2sccc2c1=O. The maximum Gasteiger partial charge on any atom is 0.262 e. The fourth-order valence-electron chi connectivity index (χ4n) is 2.87. The summed E-state index contributed by atoms with van der Waals surface area (Å²) in [4.78, 5) is 31.6. The van der Waals surface area contributed by atoms with Gasteiger partial charge in [-0.05, 0) is 24.8 Å². The predicted molar refractivity (Wildman–Crippen MR) is 89.7 cm³/mol. The number of carbonyl (C=O) groups is 1. The molecule has 124 valence electrons. The zero-order chi connectivity index (χ0) is 16.2. The minimum atomic E-state index is -0.0729. The molecule has 1 fully saturated rings. The van der Waals surface area contributed by atoms with Crippen LogP contribution in [0.25, 0.3) is 10.2 Å². The average molecular weight is 335 g/mol. The maximum absolute atomic E-state index is 12.4. The Bertz CT molecular complexity index is 733. The van der Waals surface area contributed by atoms with Crippen LogP contribution >= 0.6 is 11.3 Å². The number of aryl methyl sites for hydroxylation is 1. The molecule has 1 aliphatic rings. The lowest BCUT2D eigenvalue weighted by atomic mass is 10.1. The zero-order valence-electron chi connectivity index (χ0n) is 13.2. The maximum atomic E-state index is 12.4. The number of amides is 1. The van der Waals surface area contributed by atoms with E-state index >= 15 is 0 Å². The van der Waals surface area contributed by atoms with Crippen molar-refractivity contribution in [2.45, 2.75) is 26.3 Å². The molecule has 2 aromatic heterocycles. The Morgan fingerprint density at radius 2 is 2.43 bits per heavy atom. The number of aromatic nitrogens is 2. The Morgan fingerprint density at radius 1 is 1.57 bits per heavy atom. The lowest BCUT2D eigenvalue weighted by Gasteiger charge is -2.23. The van der Waals surface area contributed by atoms with Crippen LogP contribution in [0.4, 0.5) is 0 Å². The van der Waals surface area contributed by atoms with Crippen molar-refractivity contribution < 1.29 is 9.53 Å². The van der Waals surface area contributed by atoms with E-state index in [4.69, 9.17) is 4.74 Å². The molecule has 23 heavy (non-hydrogen) atoms. The van der Waals surface area contributed by atoms with Crippen molar-refractivity contribution in [1.82, 2.24) is 14.5 Å². The molecule has 0 unspecified atom stereocenters. The number of thiophene rings is 1. The molecule has 7 heteroatoms. The van der Waals surface area contributed by atoms with Gasteiger partial charge in [0.05, 0.1) is 18.3 Å². The Morgan fingerprint density at radius 3 is 3.17 bits per heavy atom. The van der Waals surface area contributed by atoms with E-state index in [1.165, 1.54) is 22.2 Å². The quantitative estimate of drug-likeness (QED) is 0.806. The Hall–Kier alpha value is -1.73. The highest BCUT2D eigenvalue weighted by Gasteiger charge is 2.21. The van der Waals surface area contributed by atoms with Crippen LogP contribution in [0.15, 0.2) is 22.6 Å². The smallest absolute Gasteiger partial charge is 0.262 e. The number of fused-ring (bicyclic) bond motifs is 1. The van der Waals surface area contributed by atoms with Crippen molar-refractivity contribution in [1.29, 1.82) is 0 Å². The Balaban J connectivity index is 1.62. The summed E-state index contributed by atoms with van der Waals surface area (Å²) in [6.45, 7) is 5.31. The summed E-state index contributed by atoms with van der Waals surface area (Å²) in [5.74, 6) is 0.516. The molecule has 3 heterocycles. The molecule has 0 radical (unpaired) electrons. The lowest BCUT2D eigenvalue weighted by molar-refractivity contribution is -0.131. The van der Waals surface area contributed by atoms with Gasteiger partial charge in [-0.15, -0.1) is 11.3 Å². The third-order valence-electron chi connectivity index (χ3n) is 4.25. The summed E-state index contributed by atoms with van der Waals surface area (Å²) in [6.07, 6.45) is 2.87. The minimum Gasteiger partial charge on any atom is -0.381 e. The standard InChI is InChI=1S/C16H21N3O3S/c1-2-18(9-12-4-7-22-10-12)14(20)3-6-19-11-17-15-13(16(19)21)5-8-23-15/h5,8,11-12H,2-4,6-7,9-10H2,1H3/t12-/m0/s1. The van der Waals surface area contributed by atoms with Crippen LogP contribution in [0.1, 0.15) is 19.8 Å². The topological polar surface area (TPSA) is 64.4 Å².